The van der Waals surface area contributed by atoms with Gasteiger partial charge in [-0.3, -0.25) is 14.6 Å². The molecule has 2 heterocycles. The monoisotopic (exact) mass is 287 g/mol. The van der Waals surface area contributed by atoms with Gasteiger partial charge in [-0.2, -0.15) is 0 Å². The molecular formula is C15H17N3O3. The summed E-state index contributed by atoms with van der Waals surface area (Å²) in [6, 6.07) is 4.41. The minimum absolute atomic E-state index is 0.159. The van der Waals surface area contributed by atoms with E-state index in [0.29, 0.717) is 5.56 Å². The van der Waals surface area contributed by atoms with Gasteiger partial charge in [0.25, 0.3) is 5.91 Å². The van der Waals surface area contributed by atoms with Crippen molar-refractivity contribution in [1.29, 1.82) is 0 Å². The summed E-state index contributed by atoms with van der Waals surface area (Å²) in [5.74, 6) is -0.598. The Hall–Kier alpha value is -2.63. The summed E-state index contributed by atoms with van der Waals surface area (Å²) in [5.41, 5.74) is 1.34. The van der Waals surface area contributed by atoms with E-state index < -0.39 is 6.04 Å². The van der Waals surface area contributed by atoms with Crippen LogP contribution in [0, 0.1) is 0 Å². The molecular weight excluding hydrogens is 270 g/mol. The number of hydrogen-bond donors (Lipinski definition) is 2. The number of aromatic nitrogens is 1. The molecule has 2 atom stereocenters. The Morgan fingerprint density at radius 3 is 2.48 bits per heavy atom. The first-order valence-electron chi connectivity index (χ1n) is 6.61. The van der Waals surface area contributed by atoms with Crippen LogP contribution in [-0.4, -0.2) is 22.8 Å². The second kappa shape index (κ2) is 6.69. The molecule has 2 N–H and O–H groups in total. The van der Waals surface area contributed by atoms with E-state index >= 15 is 0 Å². The third kappa shape index (κ3) is 3.92. The fourth-order valence-corrected chi connectivity index (χ4v) is 1.81. The van der Waals surface area contributed by atoms with Crippen molar-refractivity contribution >= 4 is 11.8 Å². The lowest BCUT2D eigenvalue weighted by Crippen LogP contribution is -2.45. The van der Waals surface area contributed by atoms with Gasteiger partial charge in [0, 0.05) is 12.4 Å². The highest BCUT2D eigenvalue weighted by Gasteiger charge is 2.19. The summed E-state index contributed by atoms with van der Waals surface area (Å²) in [4.78, 5) is 27.8. The highest BCUT2D eigenvalue weighted by atomic mass is 16.3. The molecule has 21 heavy (non-hydrogen) atoms. The molecule has 0 fully saturated rings. The molecule has 110 valence electrons. The van der Waals surface area contributed by atoms with Crippen LogP contribution >= 0.6 is 0 Å². The van der Waals surface area contributed by atoms with Crippen molar-refractivity contribution in [1.82, 2.24) is 15.6 Å². The Morgan fingerprint density at radius 2 is 1.86 bits per heavy atom. The standard InChI is InChI=1S/C15H17N3O3/c1-10(12-3-6-16-7-4-12)17-14(19)11(2)18-15(20)13-5-8-21-9-13/h3-11H,1-2H3,(H,17,19)(H,18,20)/t10-,11-/m1/s1. The third-order valence-corrected chi connectivity index (χ3v) is 3.09. The SMILES string of the molecule is C[C@@H](NC(=O)c1ccoc1)C(=O)N[C@H](C)c1ccncc1. The van der Waals surface area contributed by atoms with E-state index in [-0.39, 0.29) is 17.9 Å². The van der Waals surface area contributed by atoms with Crippen LogP contribution < -0.4 is 10.6 Å². The fourth-order valence-electron chi connectivity index (χ4n) is 1.81. The lowest BCUT2D eigenvalue weighted by molar-refractivity contribution is -0.123. The number of amides is 2. The number of hydrogen-bond acceptors (Lipinski definition) is 4. The van der Waals surface area contributed by atoms with Gasteiger partial charge in [-0.1, -0.05) is 0 Å². The summed E-state index contributed by atoms with van der Waals surface area (Å²) in [5, 5.41) is 5.46. The molecule has 0 aliphatic heterocycles. The Labute approximate surface area is 122 Å². The van der Waals surface area contributed by atoms with Crippen molar-refractivity contribution in [3.63, 3.8) is 0 Å². The van der Waals surface area contributed by atoms with Gasteiger partial charge < -0.3 is 15.1 Å². The average Bonchev–Trinajstić information content (AvgIpc) is 3.02. The van der Waals surface area contributed by atoms with Crippen LogP contribution in [0.2, 0.25) is 0 Å². The van der Waals surface area contributed by atoms with E-state index in [1.807, 2.05) is 19.1 Å². The van der Waals surface area contributed by atoms with Crippen LogP contribution in [0.4, 0.5) is 0 Å². The zero-order valence-electron chi connectivity index (χ0n) is 11.9. The van der Waals surface area contributed by atoms with Crippen LogP contribution in [0.3, 0.4) is 0 Å². The maximum absolute atomic E-state index is 12.1. The molecule has 0 aromatic carbocycles. The molecule has 0 saturated heterocycles. The number of furan rings is 1. The molecule has 2 aromatic rings. The zero-order chi connectivity index (χ0) is 15.2. The summed E-state index contributed by atoms with van der Waals surface area (Å²) < 4.78 is 4.83. The van der Waals surface area contributed by atoms with E-state index in [9.17, 15) is 9.59 Å². The normalized spacial score (nSPS) is 13.2. The molecule has 0 radical (unpaired) electrons. The van der Waals surface area contributed by atoms with E-state index in [2.05, 4.69) is 15.6 Å². The number of pyridine rings is 1. The smallest absolute Gasteiger partial charge is 0.255 e. The molecule has 0 aliphatic carbocycles. The summed E-state index contributed by atoms with van der Waals surface area (Å²) in [6.07, 6.45) is 6.08. The van der Waals surface area contributed by atoms with Gasteiger partial charge in [-0.05, 0) is 37.6 Å². The van der Waals surface area contributed by atoms with E-state index in [1.165, 1.54) is 12.5 Å². The van der Waals surface area contributed by atoms with Gasteiger partial charge in [-0.25, -0.2) is 0 Å². The number of nitrogens with zero attached hydrogens (tertiary/aromatic N) is 1. The second-order valence-electron chi connectivity index (χ2n) is 4.72. The predicted molar refractivity (Wildman–Crippen MR) is 76.4 cm³/mol. The van der Waals surface area contributed by atoms with E-state index in [1.54, 1.807) is 25.4 Å². The Kier molecular flexibility index (Phi) is 4.71. The topological polar surface area (TPSA) is 84.2 Å². The Balaban J connectivity index is 1.89. The average molecular weight is 287 g/mol. The van der Waals surface area contributed by atoms with Crippen LogP contribution in [0.25, 0.3) is 0 Å². The minimum Gasteiger partial charge on any atom is -0.472 e. The lowest BCUT2D eigenvalue weighted by atomic mass is 10.1. The summed E-state index contributed by atoms with van der Waals surface area (Å²) >= 11 is 0. The van der Waals surface area contributed by atoms with Crippen molar-refractivity contribution in [2.75, 3.05) is 0 Å². The van der Waals surface area contributed by atoms with Crippen LogP contribution in [0.1, 0.15) is 35.8 Å². The fraction of sp³-hybridized carbons (Fsp3) is 0.267. The molecule has 6 nitrogen and oxygen atoms in total. The van der Waals surface area contributed by atoms with Gasteiger partial charge in [0.1, 0.15) is 12.3 Å². The number of carbonyl (C=O) groups excluding carboxylic acids is 2. The molecule has 2 aromatic heterocycles. The van der Waals surface area contributed by atoms with Gasteiger partial charge >= 0.3 is 0 Å². The van der Waals surface area contributed by atoms with Crippen LogP contribution in [0.5, 0.6) is 0 Å². The summed E-state index contributed by atoms with van der Waals surface area (Å²) in [7, 11) is 0. The Bertz CT molecular complexity index is 596. The summed E-state index contributed by atoms with van der Waals surface area (Å²) in [6.45, 7) is 3.50. The van der Waals surface area contributed by atoms with Crippen molar-refractivity contribution in [2.24, 2.45) is 0 Å². The highest BCUT2D eigenvalue weighted by Crippen LogP contribution is 2.10. The number of carbonyl (C=O) groups is 2. The molecule has 6 heteroatoms. The predicted octanol–water partition coefficient (Wildman–Crippen LogP) is 1.67. The molecule has 2 rings (SSSR count). The van der Waals surface area contributed by atoms with Gasteiger partial charge in [0.05, 0.1) is 17.9 Å². The molecule has 0 aliphatic rings. The molecule has 0 bridgehead atoms. The van der Waals surface area contributed by atoms with Crippen molar-refractivity contribution in [3.8, 4) is 0 Å². The largest absolute Gasteiger partial charge is 0.472 e. The quantitative estimate of drug-likeness (QED) is 0.876. The van der Waals surface area contributed by atoms with Gasteiger partial charge in [0.15, 0.2) is 0 Å². The first-order valence-corrected chi connectivity index (χ1v) is 6.61. The van der Waals surface area contributed by atoms with E-state index in [0.717, 1.165) is 5.56 Å². The number of rotatable bonds is 5. The molecule has 0 saturated carbocycles. The Morgan fingerprint density at radius 1 is 1.14 bits per heavy atom. The zero-order valence-corrected chi connectivity index (χ0v) is 11.9. The number of nitrogens with one attached hydrogen (secondary N) is 2. The first kappa shape index (κ1) is 14.8. The van der Waals surface area contributed by atoms with E-state index in [4.69, 9.17) is 4.42 Å². The third-order valence-electron chi connectivity index (χ3n) is 3.09. The van der Waals surface area contributed by atoms with Gasteiger partial charge in [-0.15, -0.1) is 0 Å². The maximum atomic E-state index is 12.1. The maximum Gasteiger partial charge on any atom is 0.255 e. The van der Waals surface area contributed by atoms with Crippen molar-refractivity contribution in [3.05, 3.63) is 54.2 Å². The molecule has 0 unspecified atom stereocenters. The van der Waals surface area contributed by atoms with Gasteiger partial charge in [0.2, 0.25) is 5.91 Å². The minimum atomic E-state index is -0.642. The second-order valence-corrected chi connectivity index (χ2v) is 4.72. The molecule has 2 amide bonds. The molecule has 0 spiro atoms. The van der Waals surface area contributed by atoms with Crippen LogP contribution in [0.15, 0.2) is 47.5 Å². The van der Waals surface area contributed by atoms with Crippen molar-refractivity contribution < 1.29 is 14.0 Å². The highest BCUT2D eigenvalue weighted by molar-refractivity contribution is 5.97. The lowest BCUT2D eigenvalue weighted by Gasteiger charge is -2.18. The van der Waals surface area contributed by atoms with Crippen molar-refractivity contribution in [2.45, 2.75) is 25.9 Å². The first-order chi connectivity index (χ1) is 10.1. The van der Waals surface area contributed by atoms with Crippen LogP contribution in [-0.2, 0) is 4.79 Å².